The lowest BCUT2D eigenvalue weighted by molar-refractivity contribution is 0.632. The molecule has 0 aliphatic heterocycles. The Balaban J connectivity index is 2.15. The summed E-state index contributed by atoms with van der Waals surface area (Å²) in [7, 11) is 0. The minimum absolute atomic E-state index is 0.318. The number of hydrogen-bond donors (Lipinski definition) is 2. The van der Waals surface area contributed by atoms with Gasteiger partial charge in [-0.3, -0.25) is 0 Å². The van der Waals surface area contributed by atoms with E-state index in [1.54, 1.807) is 12.1 Å². The number of hydrogen-bond acceptors (Lipinski definition) is 1. The highest BCUT2D eigenvalue weighted by molar-refractivity contribution is 7.80. The topological polar surface area (TPSA) is 24.1 Å². The van der Waals surface area contributed by atoms with Gasteiger partial charge in [0, 0.05) is 5.69 Å². The number of para-hydroxylation sites is 1. The largest absolute Gasteiger partial charge is 0.332 e. The molecular weight excluding hydrogens is 271 g/mol. The predicted octanol–water partition coefficient (Wildman–Crippen LogP) is 4.56. The Bertz CT molecular complexity index is 633. The van der Waals surface area contributed by atoms with Crippen molar-refractivity contribution in [2.45, 2.75) is 20.8 Å². The number of halogens is 1. The Morgan fingerprint density at radius 3 is 2.30 bits per heavy atom. The van der Waals surface area contributed by atoms with Crippen molar-refractivity contribution in [1.82, 2.24) is 0 Å². The average molecular weight is 288 g/mol. The van der Waals surface area contributed by atoms with Gasteiger partial charge in [-0.25, -0.2) is 4.39 Å². The lowest BCUT2D eigenvalue weighted by Gasteiger charge is -2.15. The molecule has 0 saturated carbocycles. The summed E-state index contributed by atoms with van der Waals surface area (Å²) in [6, 6.07) is 10.9. The van der Waals surface area contributed by atoms with Gasteiger partial charge in [0.2, 0.25) is 0 Å². The molecule has 0 atom stereocenters. The van der Waals surface area contributed by atoms with Crippen LogP contribution in [0.2, 0.25) is 0 Å². The lowest BCUT2D eigenvalue weighted by Crippen LogP contribution is -2.21. The number of thiocarbonyl (C=S) groups is 1. The van der Waals surface area contributed by atoms with E-state index in [-0.39, 0.29) is 5.82 Å². The highest BCUT2D eigenvalue weighted by Gasteiger charge is 2.07. The van der Waals surface area contributed by atoms with E-state index in [1.165, 1.54) is 6.07 Å². The molecule has 2 aromatic rings. The molecule has 0 saturated heterocycles. The van der Waals surface area contributed by atoms with Crippen molar-refractivity contribution in [3.63, 3.8) is 0 Å². The Kier molecular flexibility index (Phi) is 4.35. The van der Waals surface area contributed by atoms with Crippen LogP contribution in [0.1, 0.15) is 16.7 Å². The molecule has 20 heavy (non-hydrogen) atoms. The fourth-order valence-electron chi connectivity index (χ4n) is 2.01. The average Bonchev–Trinajstić information content (AvgIpc) is 2.38. The Morgan fingerprint density at radius 2 is 1.65 bits per heavy atom. The van der Waals surface area contributed by atoms with E-state index < -0.39 is 0 Å². The van der Waals surface area contributed by atoms with Crippen molar-refractivity contribution < 1.29 is 4.39 Å². The van der Waals surface area contributed by atoms with Crippen molar-refractivity contribution in [1.29, 1.82) is 0 Å². The van der Waals surface area contributed by atoms with Crippen molar-refractivity contribution in [2.24, 2.45) is 0 Å². The number of benzene rings is 2. The van der Waals surface area contributed by atoms with Crippen LogP contribution in [-0.2, 0) is 0 Å². The minimum atomic E-state index is -0.318. The summed E-state index contributed by atoms with van der Waals surface area (Å²) in [4.78, 5) is 0. The SMILES string of the molecule is Cc1ccc(F)c(NC(=S)Nc2c(C)cccc2C)c1. The molecule has 0 amide bonds. The molecule has 2 nitrogen and oxygen atoms in total. The molecule has 2 rings (SSSR count). The van der Waals surface area contributed by atoms with Crippen LogP contribution < -0.4 is 10.6 Å². The van der Waals surface area contributed by atoms with Gasteiger partial charge in [0.05, 0.1) is 5.69 Å². The summed E-state index contributed by atoms with van der Waals surface area (Å²) >= 11 is 5.25. The van der Waals surface area contributed by atoms with Crippen LogP contribution >= 0.6 is 12.2 Å². The molecule has 4 heteroatoms. The monoisotopic (exact) mass is 288 g/mol. The van der Waals surface area contributed by atoms with Crippen LogP contribution in [0.5, 0.6) is 0 Å². The molecule has 0 radical (unpaired) electrons. The molecule has 2 aromatic carbocycles. The first-order valence-corrected chi connectivity index (χ1v) is 6.78. The van der Waals surface area contributed by atoms with E-state index in [1.807, 2.05) is 39.0 Å². The molecule has 104 valence electrons. The van der Waals surface area contributed by atoms with Crippen LogP contribution in [0.25, 0.3) is 0 Å². The maximum atomic E-state index is 13.7. The lowest BCUT2D eigenvalue weighted by atomic mass is 10.1. The van der Waals surface area contributed by atoms with E-state index >= 15 is 0 Å². The summed E-state index contributed by atoms with van der Waals surface area (Å²) in [5, 5.41) is 6.41. The van der Waals surface area contributed by atoms with E-state index in [9.17, 15) is 4.39 Å². The molecule has 0 aliphatic rings. The summed E-state index contributed by atoms with van der Waals surface area (Å²) in [5.74, 6) is -0.318. The molecule has 0 aromatic heterocycles. The van der Waals surface area contributed by atoms with Gasteiger partial charge in [-0.1, -0.05) is 24.3 Å². The van der Waals surface area contributed by atoms with Gasteiger partial charge in [0.1, 0.15) is 5.82 Å². The van der Waals surface area contributed by atoms with Crippen LogP contribution in [0.4, 0.5) is 15.8 Å². The standard InChI is InChI=1S/C16H17FN2S/c1-10-7-8-13(17)14(9-10)18-16(20)19-15-11(2)5-4-6-12(15)3/h4-9H,1-3H3,(H2,18,19,20). The molecule has 0 bridgehead atoms. The molecule has 0 heterocycles. The van der Waals surface area contributed by atoms with Crippen molar-refractivity contribution in [3.8, 4) is 0 Å². The minimum Gasteiger partial charge on any atom is -0.332 e. The zero-order chi connectivity index (χ0) is 14.7. The highest BCUT2D eigenvalue weighted by Crippen LogP contribution is 2.21. The molecule has 0 spiro atoms. The first-order chi connectivity index (χ1) is 9.47. The molecule has 2 N–H and O–H groups in total. The summed E-state index contributed by atoms with van der Waals surface area (Å²) in [6.07, 6.45) is 0. The maximum Gasteiger partial charge on any atom is 0.175 e. The van der Waals surface area contributed by atoms with E-state index in [0.29, 0.717) is 10.8 Å². The Morgan fingerprint density at radius 1 is 1.00 bits per heavy atom. The zero-order valence-corrected chi connectivity index (χ0v) is 12.6. The normalized spacial score (nSPS) is 10.2. The van der Waals surface area contributed by atoms with Crippen molar-refractivity contribution >= 4 is 28.7 Å². The summed E-state index contributed by atoms with van der Waals surface area (Å²) < 4.78 is 13.7. The fourth-order valence-corrected chi connectivity index (χ4v) is 2.23. The van der Waals surface area contributed by atoms with E-state index in [2.05, 4.69) is 10.6 Å². The summed E-state index contributed by atoms with van der Waals surface area (Å²) in [5.41, 5.74) is 4.51. The van der Waals surface area contributed by atoms with Gasteiger partial charge in [0.25, 0.3) is 0 Å². The number of rotatable bonds is 2. The highest BCUT2D eigenvalue weighted by atomic mass is 32.1. The molecular formula is C16H17FN2S. The second-order valence-electron chi connectivity index (χ2n) is 4.83. The first-order valence-electron chi connectivity index (χ1n) is 6.38. The smallest absolute Gasteiger partial charge is 0.175 e. The van der Waals surface area contributed by atoms with Gasteiger partial charge >= 0.3 is 0 Å². The van der Waals surface area contributed by atoms with Gasteiger partial charge in [-0.05, 0) is 61.8 Å². The second-order valence-corrected chi connectivity index (χ2v) is 5.24. The van der Waals surface area contributed by atoms with E-state index in [0.717, 1.165) is 22.4 Å². The van der Waals surface area contributed by atoms with Crippen LogP contribution in [-0.4, -0.2) is 5.11 Å². The molecule has 0 fully saturated rings. The number of anilines is 2. The second kappa shape index (κ2) is 6.01. The Labute approximate surface area is 124 Å². The zero-order valence-electron chi connectivity index (χ0n) is 11.8. The van der Waals surface area contributed by atoms with Crippen molar-refractivity contribution in [2.75, 3.05) is 10.6 Å². The van der Waals surface area contributed by atoms with E-state index in [4.69, 9.17) is 12.2 Å². The van der Waals surface area contributed by atoms with Gasteiger partial charge in [-0.2, -0.15) is 0 Å². The molecule has 0 aliphatic carbocycles. The van der Waals surface area contributed by atoms with Crippen LogP contribution in [0.15, 0.2) is 36.4 Å². The Hall–Kier alpha value is -1.94. The van der Waals surface area contributed by atoms with Gasteiger partial charge in [0.15, 0.2) is 5.11 Å². The van der Waals surface area contributed by atoms with Gasteiger partial charge in [-0.15, -0.1) is 0 Å². The maximum absolute atomic E-state index is 13.7. The van der Waals surface area contributed by atoms with Crippen LogP contribution in [0.3, 0.4) is 0 Å². The predicted molar refractivity (Wildman–Crippen MR) is 86.9 cm³/mol. The fraction of sp³-hybridized carbons (Fsp3) is 0.188. The molecule has 0 unspecified atom stereocenters. The first kappa shape index (κ1) is 14.5. The van der Waals surface area contributed by atoms with Gasteiger partial charge < -0.3 is 10.6 Å². The number of nitrogens with one attached hydrogen (secondary N) is 2. The van der Waals surface area contributed by atoms with Crippen LogP contribution in [0, 0.1) is 26.6 Å². The summed E-state index contributed by atoms with van der Waals surface area (Å²) in [6.45, 7) is 5.92. The third kappa shape index (κ3) is 3.33. The quantitative estimate of drug-likeness (QED) is 0.792. The van der Waals surface area contributed by atoms with Crippen molar-refractivity contribution in [3.05, 3.63) is 58.9 Å². The third-order valence-corrected chi connectivity index (χ3v) is 3.29. The number of aryl methyl sites for hydroxylation is 3. The third-order valence-electron chi connectivity index (χ3n) is 3.09.